The summed E-state index contributed by atoms with van der Waals surface area (Å²) < 4.78 is 0. The number of phenolic OH excluding ortho intramolecular Hbond substituents is 1. The molecule has 17 heavy (non-hydrogen) atoms. The summed E-state index contributed by atoms with van der Waals surface area (Å²) in [7, 11) is 0. The zero-order valence-corrected chi connectivity index (χ0v) is 10.6. The lowest BCUT2D eigenvalue weighted by molar-refractivity contribution is 0.470. The SMILES string of the molecule is Cc1ncnc(C)c1-c1ccc(O)c(C)c1C. The highest BCUT2D eigenvalue weighted by atomic mass is 16.3. The first-order valence-corrected chi connectivity index (χ1v) is 5.60. The van der Waals surface area contributed by atoms with E-state index in [-0.39, 0.29) is 0 Å². The topological polar surface area (TPSA) is 46.0 Å². The maximum absolute atomic E-state index is 9.68. The van der Waals surface area contributed by atoms with E-state index in [0.29, 0.717) is 5.75 Å². The van der Waals surface area contributed by atoms with E-state index in [9.17, 15) is 5.11 Å². The monoisotopic (exact) mass is 228 g/mol. The van der Waals surface area contributed by atoms with Gasteiger partial charge in [-0.05, 0) is 50.5 Å². The Labute approximate surface area is 101 Å². The van der Waals surface area contributed by atoms with Crippen molar-refractivity contribution in [2.24, 2.45) is 0 Å². The summed E-state index contributed by atoms with van der Waals surface area (Å²) in [5, 5.41) is 9.68. The second-order valence-electron chi connectivity index (χ2n) is 4.30. The molecule has 0 unspecified atom stereocenters. The van der Waals surface area contributed by atoms with Crippen LogP contribution in [-0.2, 0) is 0 Å². The third-order valence-electron chi connectivity index (χ3n) is 3.25. The number of aromatic nitrogens is 2. The Balaban J connectivity index is 2.74. The number of phenols is 1. The van der Waals surface area contributed by atoms with Crippen molar-refractivity contribution >= 4 is 0 Å². The Morgan fingerprint density at radius 2 is 1.47 bits per heavy atom. The van der Waals surface area contributed by atoms with E-state index < -0.39 is 0 Å². The van der Waals surface area contributed by atoms with E-state index in [2.05, 4.69) is 9.97 Å². The molecule has 1 aromatic carbocycles. The van der Waals surface area contributed by atoms with Crippen LogP contribution in [0.2, 0.25) is 0 Å². The lowest BCUT2D eigenvalue weighted by atomic mass is 9.94. The molecule has 1 N–H and O–H groups in total. The Morgan fingerprint density at radius 3 is 2.06 bits per heavy atom. The van der Waals surface area contributed by atoms with Gasteiger partial charge >= 0.3 is 0 Å². The smallest absolute Gasteiger partial charge is 0.118 e. The molecule has 1 heterocycles. The van der Waals surface area contributed by atoms with E-state index in [4.69, 9.17) is 0 Å². The average Bonchev–Trinajstić information content (AvgIpc) is 2.29. The van der Waals surface area contributed by atoms with Crippen LogP contribution < -0.4 is 0 Å². The normalized spacial score (nSPS) is 10.6. The first-order valence-electron chi connectivity index (χ1n) is 5.60. The number of aromatic hydroxyl groups is 1. The number of nitrogens with zero attached hydrogens (tertiary/aromatic N) is 2. The Bertz CT molecular complexity index is 556. The van der Waals surface area contributed by atoms with Crippen LogP contribution in [0.5, 0.6) is 5.75 Å². The fourth-order valence-electron chi connectivity index (χ4n) is 2.06. The molecule has 0 fully saturated rings. The third kappa shape index (κ3) is 1.88. The van der Waals surface area contributed by atoms with Crippen LogP contribution in [0.4, 0.5) is 0 Å². The maximum atomic E-state index is 9.68. The fraction of sp³-hybridized carbons (Fsp3) is 0.286. The van der Waals surface area contributed by atoms with Gasteiger partial charge in [-0.3, -0.25) is 0 Å². The van der Waals surface area contributed by atoms with Gasteiger partial charge in [0.15, 0.2) is 0 Å². The van der Waals surface area contributed by atoms with Gasteiger partial charge in [0.1, 0.15) is 12.1 Å². The molecule has 0 aliphatic carbocycles. The molecule has 0 bridgehead atoms. The van der Waals surface area contributed by atoms with Crippen molar-refractivity contribution in [3.63, 3.8) is 0 Å². The van der Waals surface area contributed by atoms with Crippen molar-refractivity contribution in [3.05, 3.63) is 41.0 Å². The van der Waals surface area contributed by atoms with Gasteiger partial charge in [-0.2, -0.15) is 0 Å². The van der Waals surface area contributed by atoms with Gasteiger partial charge in [0.2, 0.25) is 0 Å². The van der Waals surface area contributed by atoms with Crippen LogP contribution in [-0.4, -0.2) is 15.1 Å². The summed E-state index contributed by atoms with van der Waals surface area (Å²) in [5.41, 5.74) is 6.07. The molecule has 1 aromatic heterocycles. The lowest BCUT2D eigenvalue weighted by Gasteiger charge is -2.13. The minimum Gasteiger partial charge on any atom is -0.508 e. The molecule has 0 spiro atoms. The van der Waals surface area contributed by atoms with Crippen LogP contribution in [0, 0.1) is 27.7 Å². The molecule has 88 valence electrons. The quantitative estimate of drug-likeness (QED) is 0.815. The molecule has 0 atom stereocenters. The number of hydrogen-bond acceptors (Lipinski definition) is 3. The molecular formula is C14H16N2O. The lowest BCUT2D eigenvalue weighted by Crippen LogP contribution is -1.97. The van der Waals surface area contributed by atoms with Crippen molar-refractivity contribution in [3.8, 4) is 16.9 Å². The highest BCUT2D eigenvalue weighted by Crippen LogP contribution is 2.32. The minimum atomic E-state index is 0.332. The van der Waals surface area contributed by atoms with Crippen LogP contribution in [0.3, 0.4) is 0 Å². The number of rotatable bonds is 1. The molecule has 0 radical (unpaired) electrons. The van der Waals surface area contributed by atoms with Crippen LogP contribution in [0.1, 0.15) is 22.5 Å². The maximum Gasteiger partial charge on any atom is 0.118 e. The van der Waals surface area contributed by atoms with Crippen molar-refractivity contribution in [1.82, 2.24) is 9.97 Å². The predicted octanol–water partition coefficient (Wildman–Crippen LogP) is 3.08. The van der Waals surface area contributed by atoms with Crippen molar-refractivity contribution in [2.45, 2.75) is 27.7 Å². The second-order valence-corrected chi connectivity index (χ2v) is 4.30. The molecule has 0 aliphatic heterocycles. The summed E-state index contributed by atoms with van der Waals surface area (Å²) in [6, 6.07) is 3.65. The third-order valence-corrected chi connectivity index (χ3v) is 3.25. The highest BCUT2D eigenvalue weighted by molar-refractivity contribution is 5.73. The molecular weight excluding hydrogens is 212 g/mol. The molecule has 3 heteroatoms. The largest absolute Gasteiger partial charge is 0.508 e. The van der Waals surface area contributed by atoms with Gasteiger partial charge in [0, 0.05) is 17.0 Å². The molecule has 0 saturated carbocycles. The second kappa shape index (κ2) is 4.17. The molecule has 0 aliphatic rings. The zero-order valence-electron chi connectivity index (χ0n) is 10.6. The van der Waals surface area contributed by atoms with E-state index in [1.54, 1.807) is 12.4 Å². The van der Waals surface area contributed by atoms with Gasteiger partial charge in [-0.15, -0.1) is 0 Å². The molecule has 2 rings (SSSR count). The Hall–Kier alpha value is -1.90. The van der Waals surface area contributed by atoms with E-state index in [1.807, 2.05) is 33.8 Å². The van der Waals surface area contributed by atoms with E-state index in [1.165, 1.54) is 0 Å². The summed E-state index contributed by atoms with van der Waals surface area (Å²) >= 11 is 0. The van der Waals surface area contributed by atoms with Crippen LogP contribution >= 0.6 is 0 Å². The highest BCUT2D eigenvalue weighted by Gasteiger charge is 2.12. The Morgan fingerprint density at radius 1 is 0.882 bits per heavy atom. The van der Waals surface area contributed by atoms with Crippen LogP contribution in [0.15, 0.2) is 18.5 Å². The average molecular weight is 228 g/mol. The van der Waals surface area contributed by atoms with Gasteiger partial charge in [0.05, 0.1) is 0 Å². The van der Waals surface area contributed by atoms with Gasteiger partial charge in [0.25, 0.3) is 0 Å². The molecule has 3 nitrogen and oxygen atoms in total. The zero-order chi connectivity index (χ0) is 12.6. The van der Waals surface area contributed by atoms with Gasteiger partial charge in [-0.25, -0.2) is 9.97 Å². The van der Waals surface area contributed by atoms with Crippen molar-refractivity contribution < 1.29 is 5.11 Å². The minimum absolute atomic E-state index is 0.332. The van der Waals surface area contributed by atoms with Gasteiger partial charge < -0.3 is 5.11 Å². The van der Waals surface area contributed by atoms with E-state index in [0.717, 1.165) is 33.6 Å². The molecule has 0 saturated heterocycles. The summed E-state index contributed by atoms with van der Waals surface area (Å²) in [6.45, 7) is 7.89. The summed E-state index contributed by atoms with van der Waals surface area (Å²) in [5.74, 6) is 0.332. The molecule has 0 amide bonds. The van der Waals surface area contributed by atoms with E-state index >= 15 is 0 Å². The Kier molecular flexibility index (Phi) is 2.84. The van der Waals surface area contributed by atoms with Crippen LogP contribution in [0.25, 0.3) is 11.1 Å². The standard InChI is InChI=1S/C14H16N2O/c1-8-9(2)13(17)6-5-12(8)14-10(3)15-7-16-11(14)4/h5-7,17H,1-4H3. The number of aryl methyl sites for hydroxylation is 2. The first kappa shape index (κ1) is 11.6. The molecule has 2 aromatic rings. The first-order chi connectivity index (χ1) is 8.02. The van der Waals surface area contributed by atoms with Crippen molar-refractivity contribution in [2.75, 3.05) is 0 Å². The number of hydrogen-bond donors (Lipinski definition) is 1. The number of benzene rings is 1. The van der Waals surface area contributed by atoms with Crippen molar-refractivity contribution in [1.29, 1.82) is 0 Å². The predicted molar refractivity (Wildman–Crippen MR) is 68.1 cm³/mol. The summed E-state index contributed by atoms with van der Waals surface area (Å²) in [6.07, 6.45) is 1.58. The fourth-order valence-corrected chi connectivity index (χ4v) is 2.06. The summed E-state index contributed by atoms with van der Waals surface area (Å²) in [4.78, 5) is 8.47. The van der Waals surface area contributed by atoms with Gasteiger partial charge in [-0.1, -0.05) is 6.07 Å².